The van der Waals surface area contributed by atoms with Crippen LogP contribution in [0.4, 0.5) is 5.82 Å². The number of sulfonamides is 1. The standard InChI is InChI=1S/C27H32N4O5S/c1-17(2)16-36-21-8-5-7-20(15-21)23-13-12-22(25(29-23)31-18(3)10-11-19(31)4)26(32)30-37(34,35)24-9-6-14-28-27(24)33/h5-9,12-15,17-19H,10-11,16H2,1-4H3,(H,28,33)(H,30,32)/t18-,19?/m0/s1. The van der Waals surface area contributed by atoms with E-state index in [2.05, 4.69) is 37.6 Å². The number of nitrogens with zero attached hydrogens (tertiary/aromatic N) is 2. The average molecular weight is 525 g/mol. The first kappa shape index (κ1) is 26.4. The van der Waals surface area contributed by atoms with E-state index in [9.17, 15) is 18.0 Å². The zero-order valence-electron chi connectivity index (χ0n) is 21.4. The third-order valence-electron chi connectivity index (χ3n) is 6.33. The minimum Gasteiger partial charge on any atom is -0.493 e. The molecule has 0 spiro atoms. The molecule has 37 heavy (non-hydrogen) atoms. The normalized spacial score (nSPS) is 17.7. The van der Waals surface area contributed by atoms with Gasteiger partial charge in [0.15, 0.2) is 4.90 Å². The molecule has 9 nitrogen and oxygen atoms in total. The van der Waals surface area contributed by atoms with E-state index in [1.807, 2.05) is 29.0 Å². The van der Waals surface area contributed by atoms with Gasteiger partial charge in [0.25, 0.3) is 21.5 Å². The van der Waals surface area contributed by atoms with Gasteiger partial charge in [-0.25, -0.2) is 18.1 Å². The van der Waals surface area contributed by atoms with Crippen molar-refractivity contribution in [3.8, 4) is 17.0 Å². The average Bonchev–Trinajstić information content (AvgIpc) is 3.20. The van der Waals surface area contributed by atoms with Crippen molar-refractivity contribution in [2.75, 3.05) is 11.5 Å². The lowest BCUT2D eigenvalue weighted by Gasteiger charge is -2.29. The van der Waals surface area contributed by atoms with Gasteiger partial charge in [0, 0.05) is 23.8 Å². The Morgan fingerprint density at radius 2 is 1.86 bits per heavy atom. The van der Waals surface area contributed by atoms with E-state index in [1.165, 1.54) is 12.3 Å². The van der Waals surface area contributed by atoms with E-state index in [4.69, 9.17) is 9.72 Å². The summed E-state index contributed by atoms with van der Waals surface area (Å²) < 4.78 is 33.6. The third-order valence-corrected chi connectivity index (χ3v) is 7.68. The maximum absolute atomic E-state index is 13.3. The number of H-pyrrole nitrogens is 1. The maximum atomic E-state index is 13.3. The largest absolute Gasteiger partial charge is 0.493 e. The molecule has 3 heterocycles. The predicted octanol–water partition coefficient (Wildman–Crippen LogP) is 3.97. The van der Waals surface area contributed by atoms with Gasteiger partial charge in [-0.05, 0) is 69.0 Å². The van der Waals surface area contributed by atoms with Gasteiger partial charge in [0.05, 0.1) is 17.9 Å². The van der Waals surface area contributed by atoms with Gasteiger partial charge in [0.1, 0.15) is 11.6 Å². The van der Waals surface area contributed by atoms with Crippen LogP contribution in [0.25, 0.3) is 11.3 Å². The number of carbonyl (C=O) groups is 1. The van der Waals surface area contributed by atoms with Crippen molar-refractivity contribution in [3.05, 3.63) is 70.6 Å². The summed E-state index contributed by atoms with van der Waals surface area (Å²) in [4.78, 5) is 34.0. The van der Waals surface area contributed by atoms with Crippen molar-refractivity contribution in [2.24, 2.45) is 5.92 Å². The molecule has 1 amide bonds. The smallest absolute Gasteiger partial charge is 0.269 e. The van der Waals surface area contributed by atoms with Crippen molar-refractivity contribution in [3.63, 3.8) is 0 Å². The highest BCUT2D eigenvalue weighted by Gasteiger charge is 2.33. The van der Waals surface area contributed by atoms with Crippen LogP contribution >= 0.6 is 0 Å². The summed E-state index contributed by atoms with van der Waals surface area (Å²) in [7, 11) is -4.39. The lowest BCUT2D eigenvalue weighted by molar-refractivity contribution is 0.0981. The van der Waals surface area contributed by atoms with Gasteiger partial charge < -0.3 is 14.6 Å². The van der Waals surface area contributed by atoms with Crippen LogP contribution in [0.1, 0.15) is 50.9 Å². The Labute approximate surface area is 217 Å². The number of nitrogens with one attached hydrogen (secondary N) is 2. The second-order valence-electron chi connectivity index (χ2n) is 9.78. The Kier molecular flexibility index (Phi) is 7.68. The SMILES string of the molecule is CC(C)COc1cccc(-c2ccc(C(=O)NS(=O)(=O)c3ccc[nH]c3=O)c(N3C(C)CC[C@@H]3C)n2)c1. The Balaban J connectivity index is 1.73. The van der Waals surface area contributed by atoms with Gasteiger partial charge in [-0.1, -0.05) is 26.0 Å². The number of carbonyl (C=O) groups excluding carboxylic acids is 1. The first-order chi connectivity index (χ1) is 17.6. The Bertz CT molecular complexity index is 1440. The number of pyridine rings is 2. The molecule has 2 aromatic heterocycles. The van der Waals surface area contributed by atoms with Crippen LogP contribution in [-0.4, -0.2) is 43.0 Å². The molecule has 10 heteroatoms. The number of benzene rings is 1. The molecule has 4 rings (SSSR count). The van der Waals surface area contributed by atoms with Crippen LogP contribution in [0.2, 0.25) is 0 Å². The van der Waals surface area contributed by atoms with Crippen molar-refractivity contribution in [1.29, 1.82) is 0 Å². The minimum absolute atomic E-state index is 0.110. The van der Waals surface area contributed by atoms with Gasteiger partial charge in [-0.15, -0.1) is 0 Å². The summed E-state index contributed by atoms with van der Waals surface area (Å²) in [6, 6.07) is 13.6. The molecule has 0 bridgehead atoms. The molecule has 3 aromatic rings. The van der Waals surface area contributed by atoms with E-state index in [1.54, 1.807) is 12.1 Å². The molecule has 1 aliphatic rings. The Morgan fingerprint density at radius 3 is 2.54 bits per heavy atom. The molecule has 196 valence electrons. The Hall–Kier alpha value is -3.66. The van der Waals surface area contributed by atoms with Crippen molar-refractivity contribution in [1.82, 2.24) is 14.7 Å². The fraction of sp³-hybridized carbons (Fsp3) is 0.370. The number of hydrogen-bond acceptors (Lipinski definition) is 7. The number of aromatic nitrogens is 2. The highest BCUT2D eigenvalue weighted by Crippen LogP contribution is 2.34. The second kappa shape index (κ2) is 10.8. The van der Waals surface area contributed by atoms with Crippen molar-refractivity contribution in [2.45, 2.75) is 57.5 Å². The maximum Gasteiger partial charge on any atom is 0.269 e. The first-order valence-electron chi connectivity index (χ1n) is 12.3. The summed E-state index contributed by atoms with van der Waals surface area (Å²) >= 11 is 0. The molecule has 1 aromatic carbocycles. The fourth-order valence-corrected chi connectivity index (χ4v) is 5.48. The molecule has 1 aliphatic heterocycles. The zero-order chi connectivity index (χ0) is 26.7. The molecular formula is C27H32N4O5S. The van der Waals surface area contributed by atoms with Crippen LogP contribution in [-0.2, 0) is 10.0 Å². The molecular weight excluding hydrogens is 492 g/mol. The van der Waals surface area contributed by atoms with E-state index in [0.29, 0.717) is 24.0 Å². The lowest BCUT2D eigenvalue weighted by atomic mass is 10.1. The second-order valence-corrected chi connectivity index (χ2v) is 11.4. The van der Waals surface area contributed by atoms with E-state index < -0.39 is 26.4 Å². The van der Waals surface area contributed by atoms with E-state index in [0.717, 1.165) is 30.2 Å². The number of aromatic amines is 1. The highest BCUT2D eigenvalue weighted by atomic mass is 32.2. The molecule has 2 atom stereocenters. The lowest BCUT2D eigenvalue weighted by Crippen LogP contribution is -2.38. The number of amides is 1. The van der Waals surface area contributed by atoms with Crippen molar-refractivity contribution < 1.29 is 17.9 Å². The van der Waals surface area contributed by atoms with E-state index in [-0.39, 0.29) is 17.6 Å². The summed E-state index contributed by atoms with van der Waals surface area (Å²) in [5.41, 5.74) is 0.762. The number of anilines is 1. The molecule has 0 aliphatic carbocycles. The van der Waals surface area contributed by atoms with Crippen molar-refractivity contribution >= 4 is 21.7 Å². The third kappa shape index (κ3) is 5.85. The molecule has 0 saturated carbocycles. The van der Waals surface area contributed by atoms with Crippen LogP contribution in [0.3, 0.4) is 0 Å². The summed E-state index contributed by atoms with van der Waals surface area (Å²) in [5.74, 6) is 0.654. The summed E-state index contributed by atoms with van der Waals surface area (Å²) in [5, 5.41) is 0. The van der Waals surface area contributed by atoms with Crippen LogP contribution in [0.5, 0.6) is 5.75 Å². The number of ether oxygens (including phenoxy) is 1. The van der Waals surface area contributed by atoms with E-state index >= 15 is 0 Å². The van der Waals surface area contributed by atoms with Crippen LogP contribution in [0.15, 0.2) is 64.4 Å². The first-order valence-corrected chi connectivity index (χ1v) is 13.8. The van der Waals surface area contributed by atoms with Gasteiger partial charge >= 0.3 is 0 Å². The highest BCUT2D eigenvalue weighted by molar-refractivity contribution is 7.90. The van der Waals surface area contributed by atoms with Crippen LogP contribution in [0, 0.1) is 5.92 Å². The molecule has 2 N–H and O–H groups in total. The monoisotopic (exact) mass is 524 g/mol. The van der Waals surface area contributed by atoms with Gasteiger partial charge in [0.2, 0.25) is 0 Å². The molecule has 0 radical (unpaired) electrons. The molecule has 1 saturated heterocycles. The minimum atomic E-state index is -4.39. The summed E-state index contributed by atoms with van der Waals surface area (Å²) in [6.07, 6.45) is 3.16. The number of rotatable bonds is 8. The fourth-order valence-electron chi connectivity index (χ4n) is 4.45. The topological polar surface area (TPSA) is 121 Å². The quantitative estimate of drug-likeness (QED) is 0.457. The zero-order valence-corrected chi connectivity index (χ0v) is 22.2. The van der Waals surface area contributed by atoms with Gasteiger partial charge in [-0.3, -0.25) is 9.59 Å². The molecule has 1 fully saturated rings. The summed E-state index contributed by atoms with van der Waals surface area (Å²) in [6.45, 7) is 8.85. The van der Waals surface area contributed by atoms with Gasteiger partial charge in [-0.2, -0.15) is 0 Å². The van der Waals surface area contributed by atoms with Crippen LogP contribution < -0.4 is 19.9 Å². The number of hydrogen-bond donors (Lipinski definition) is 2. The Morgan fingerprint density at radius 1 is 1.14 bits per heavy atom. The molecule has 1 unspecified atom stereocenters. The predicted molar refractivity (Wildman–Crippen MR) is 142 cm³/mol.